The predicted molar refractivity (Wildman–Crippen MR) is 74.7 cm³/mol. The van der Waals surface area contributed by atoms with Gasteiger partial charge in [-0.1, -0.05) is 11.6 Å². The number of halogens is 1. The third-order valence-electron chi connectivity index (χ3n) is 2.86. The van der Waals surface area contributed by atoms with E-state index in [4.69, 9.17) is 16.0 Å². The zero-order chi connectivity index (χ0) is 14.7. The molecule has 2 N–H and O–H groups in total. The van der Waals surface area contributed by atoms with Gasteiger partial charge in [0.25, 0.3) is 5.91 Å². The lowest BCUT2D eigenvalue weighted by Gasteiger charge is -2.12. The van der Waals surface area contributed by atoms with E-state index in [1.165, 1.54) is 6.26 Å². The molecule has 2 rings (SSSR count). The molecular formula is C14H15ClN2O3. The standard InChI is InChI=1S/C14H15ClN2O3/c1-8-6-9(2)17-13(15)12(8)14(19)16-7-10(18)11-4-3-5-20-11/h3-6,10,18H,7H2,1-2H3,(H,16,19). The summed E-state index contributed by atoms with van der Waals surface area (Å²) in [4.78, 5) is 16.2. The number of aliphatic hydroxyl groups excluding tert-OH is 1. The SMILES string of the molecule is Cc1cc(C)c(C(=O)NCC(O)c2ccco2)c(Cl)n1. The lowest BCUT2D eigenvalue weighted by Crippen LogP contribution is -2.29. The van der Waals surface area contributed by atoms with E-state index in [9.17, 15) is 9.90 Å². The summed E-state index contributed by atoms with van der Waals surface area (Å²) >= 11 is 5.99. The summed E-state index contributed by atoms with van der Waals surface area (Å²) in [5, 5.41) is 12.6. The molecule has 106 valence electrons. The minimum Gasteiger partial charge on any atom is -0.467 e. The molecule has 6 heteroatoms. The first kappa shape index (κ1) is 14.6. The number of nitrogens with one attached hydrogen (secondary N) is 1. The minimum absolute atomic E-state index is 0.0377. The number of hydrogen-bond donors (Lipinski definition) is 2. The molecule has 0 aliphatic heterocycles. The molecule has 0 spiro atoms. The average molecular weight is 295 g/mol. The quantitative estimate of drug-likeness (QED) is 0.849. The molecule has 2 aromatic heterocycles. The zero-order valence-electron chi connectivity index (χ0n) is 11.2. The van der Waals surface area contributed by atoms with Crippen molar-refractivity contribution in [3.05, 3.63) is 52.2 Å². The topological polar surface area (TPSA) is 75.4 Å². The van der Waals surface area contributed by atoms with Gasteiger partial charge in [0.15, 0.2) is 0 Å². The van der Waals surface area contributed by atoms with Crippen LogP contribution in [0.2, 0.25) is 5.15 Å². The largest absolute Gasteiger partial charge is 0.467 e. The van der Waals surface area contributed by atoms with Crippen LogP contribution < -0.4 is 5.32 Å². The molecule has 0 fully saturated rings. The molecule has 0 aromatic carbocycles. The smallest absolute Gasteiger partial charge is 0.254 e. The summed E-state index contributed by atoms with van der Waals surface area (Å²) in [5.74, 6) is 0.0285. The number of furan rings is 1. The molecule has 5 nitrogen and oxygen atoms in total. The van der Waals surface area contributed by atoms with Crippen LogP contribution in [0.3, 0.4) is 0 Å². The molecule has 2 heterocycles. The van der Waals surface area contributed by atoms with Crippen LogP contribution in [0.4, 0.5) is 0 Å². The van der Waals surface area contributed by atoms with E-state index in [-0.39, 0.29) is 17.6 Å². The number of hydrogen-bond acceptors (Lipinski definition) is 4. The maximum Gasteiger partial charge on any atom is 0.254 e. The molecular weight excluding hydrogens is 280 g/mol. The van der Waals surface area contributed by atoms with E-state index in [1.54, 1.807) is 32.0 Å². The van der Waals surface area contributed by atoms with Gasteiger partial charge in [-0.05, 0) is 37.6 Å². The van der Waals surface area contributed by atoms with Crippen molar-refractivity contribution in [1.29, 1.82) is 0 Å². The van der Waals surface area contributed by atoms with E-state index in [0.717, 1.165) is 11.3 Å². The van der Waals surface area contributed by atoms with Crippen LogP contribution in [0, 0.1) is 13.8 Å². The fourth-order valence-electron chi connectivity index (χ4n) is 1.92. The Morgan fingerprint density at radius 3 is 2.90 bits per heavy atom. The van der Waals surface area contributed by atoms with Crippen molar-refractivity contribution in [1.82, 2.24) is 10.3 Å². The fraction of sp³-hybridized carbons (Fsp3) is 0.286. The number of pyridine rings is 1. The first-order chi connectivity index (χ1) is 9.49. The third-order valence-corrected chi connectivity index (χ3v) is 3.13. The summed E-state index contributed by atoms with van der Waals surface area (Å²) in [6.45, 7) is 3.63. The highest BCUT2D eigenvalue weighted by atomic mass is 35.5. The van der Waals surface area contributed by atoms with Crippen molar-refractivity contribution in [2.24, 2.45) is 0 Å². The first-order valence-electron chi connectivity index (χ1n) is 6.12. The normalized spacial score (nSPS) is 12.2. The lowest BCUT2D eigenvalue weighted by atomic mass is 10.1. The van der Waals surface area contributed by atoms with Crippen molar-refractivity contribution in [2.75, 3.05) is 6.54 Å². The van der Waals surface area contributed by atoms with Gasteiger partial charge in [-0.3, -0.25) is 4.79 Å². The van der Waals surface area contributed by atoms with Crippen molar-refractivity contribution in [3.8, 4) is 0 Å². The molecule has 0 saturated heterocycles. The highest BCUT2D eigenvalue weighted by Crippen LogP contribution is 2.19. The van der Waals surface area contributed by atoms with Crippen LogP contribution in [-0.2, 0) is 0 Å². The Balaban J connectivity index is 2.06. The Morgan fingerprint density at radius 1 is 1.55 bits per heavy atom. The van der Waals surface area contributed by atoms with Crippen LogP contribution in [0.15, 0.2) is 28.9 Å². The Bertz CT molecular complexity index is 588. The van der Waals surface area contributed by atoms with Gasteiger partial charge in [0, 0.05) is 5.69 Å². The number of aromatic nitrogens is 1. The maximum absolute atomic E-state index is 12.1. The second-order valence-corrected chi connectivity index (χ2v) is 4.85. The van der Waals surface area contributed by atoms with E-state index in [1.807, 2.05) is 0 Å². The number of rotatable bonds is 4. The van der Waals surface area contributed by atoms with Gasteiger partial charge in [0.1, 0.15) is 17.0 Å². The van der Waals surface area contributed by atoms with Crippen LogP contribution in [-0.4, -0.2) is 22.5 Å². The number of carbonyl (C=O) groups is 1. The van der Waals surface area contributed by atoms with Crippen molar-refractivity contribution in [2.45, 2.75) is 20.0 Å². The molecule has 0 radical (unpaired) electrons. The Hall–Kier alpha value is -1.85. The lowest BCUT2D eigenvalue weighted by molar-refractivity contribution is 0.0900. The van der Waals surface area contributed by atoms with Crippen LogP contribution in [0.25, 0.3) is 0 Å². The molecule has 0 aliphatic carbocycles. The van der Waals surface area contributed by atoms with E-state index >= 15 is 0 Å². The zero-order valence-corrected chi connectivity index (χ0v) is 11.9. The van der Waals surface area contributed by atoms with E-state index in [2.05, 4.69) is 10.3 Å². The Kier molecular flexibility index (Phi) is 4.42. The van der Waals surface area contributed by atoms with Gasteiger partial charge >= 0.3 is 0 Å². The van der Waals surface area contributed by atoms with Crippen LogP contribution >= 0.6 is 11.6 Å². The van der Waals surface area contributed by atoms with Crippen molar-refractivity contribution < 1.29 is 14.3 Å². The van der Waals surface area contributed by atoms with Crippen LogP contribution in [0.5, 0.6) is 0 Å². The van der Waals surface area contributed by atoms with Crippen LogP contribution in [0.1, 0.15) is 33.5 Å². The molecule has 1 unspecified atom stereocenters. The van der Waals surface area contributed by atoms with Gasteiger partial charge in [0.05, 0.1) is 18.4 Å². The summed E-state index contributed by atoms with van der Waals surface area (Å²) in [7, 11) is 0. The monoisotopic (exact) mass is 294 g/mol. The van der Waals surface area contributed by atoms with Crippen molar-refractivity contribution >= 4 is 17.5 Å². The predicted octanol–water partition coefficient (Wildman–Crippen LogP) is 2.41. The summed E-state index contributed by atoms with van der Waals surface area (Å²) < 4.78 is 5.06. The first-order valence-corrected chi connectivity index (χ1v) is 6.50. The number of nitrogens with zero attached hydrogens (tertiary/aromatic N) is 1. The van der Waals surface area contributed by atoms with Gasteiger partial charge in [-0.15, -0.1) is 0 Å². The van der Waals surface area contributed by atoms with E-state index in [0.29, 0.717) is 11.3 Å². The maximum atomic E-state index is 12.1. The van der Waals surface area contributed by atoms with Gasteiger partial charge in [-0.2, -0.15) is 0 Å². The molecule has 20 heavy (non-hydrogen) atoms. The summed E-state index contributed by atoms with van der Waals surface area (Å²) in [5.41, 5.74) is 1.82. The summed E-state index contributed by atoms with van der Waals surface area (Å²) in [6.07, 6.45) is 0.567. The highest BCUT2D eigenvalue weighted by molar-refractivity contribution is 6.32. The molecule has 2 aromatic rings. The fourth-order valence-corrected chi connectivity index (χ4v) is 2.29. The van der Waals surface area contributed by atoms with Gasteiger partial charge in [0.2, 0.25) is 0 Å². The Labute approximate surface area is 121 Å². The van der Waals surface area contributed by atoms with Gasteiger partial charge < -0.3 is 14.8 Å². The Morgan fingerprint density at radius 2 is 2.30 bits per heavy atom. The van der Waals surface area contributed by atoms with Crippen molar-refractivity contribution in [3.63, 3.8) is 0 Å². The molecule has 1 amide bonds. The molecule has 0 bridgehead atoms. The number of amides is 1. The second-order valence-electron chi connectivity index (χ2n) is 4.49. The number of aryl methyl sites for hydroxylation is 2. The molecule has 0 saturated carbocycles. The van der Waals surface area contributed by atoms with E-state index < -0.39 is 6.10 Å². The number of carbonyl (C=O) groups excluding carboxylic acids is 1. The average Bonchev–Trinajstić information content (AvgIpc) is 2.88. The highest BCUT2D eigenvalue weighted by Gasteiger charge is 2.17. The third kappa shape index (κ3) is 3.18. The molecule has 1 atom stereocenters. The minimum atomic E-state index is -0.897. The van der Waals surface area contributed by atoms with Gasteiger partial charge in [-0.25, -0.2) is 4.98 Å². The second kappa shape index (κ2) is 6.07. The number of aliphatic hydroxyl groups is 1. The molecule has 0 aliphatic rings. The summed E-state index contributed by atoms with van der Waals surface area (Å²) in [6, 6.07) is 5.09.